The van der Waals surface area contributed by atoms with E-state index in [1.165, 1.54) is 0 Å². The first-order valence-electron chi connectivity index (χ1n) is 6.85. The second-order valence-corrected chi connectivity index (χ2v) is 7.99. The van der Waals surface area contributed by atoms with E-state index < -0.39 is 38.4 Å². The molecule has 0 aromatic heterocycles. The Bertz CT molecular complexity index is 760. The topological polar surface area (TPSA) is 49.4 Å². The molecule has 2 saturated heterocycles. The number of hydrogen-bond acceptors (Lipinski definition) is 3. The van der Waals surface area contributed by atoms with Crippen molar-refractivity contribution < 1.29 is 34.8 Å². The average Bonchev–Trinajstić information content (AvgIpc) is 2.32. The molecule has 1 N–H and O–H groups in total. The highest BCUT2D eigenvalue weighted by Gasteiger charge is 2.53. The lowest BCUT2D eigenvalue weighted by Crippen LogP contribution is -2.71. The van der Waals surface area contributed by atoms with Crippen molar-refractivity contribution in [3.8, 4) is 0 Å². The number of alkyl halides is 6. The molecule has 134 valence electrons. The molecule has 24 heavy (non-hydrogen) atoms. The molecule has 1 aromatic rings. The number of halogens is 6. The Hall–Kier alpha value is -1.33. The first kappa shape index (κ1) is 17.5. The normalized spacial score (nSPS) is 21.4. The Morgan fingerprint density at radius 3 is 2.00 bits per heavy atom. The van der Waals surface area contributed by atoms with Gasteiger partial charge in [-0.1, -0.05) is 0 Å². The molecule has 1 spiro atoms. The molecule has 0 unspecified atom stereocenters. The molecule has 2 heterocycles. The van der Waals surface area contributed by atoms with Gasteiger partial charge in [0.1, 0.15) is 0 Å². The number of rotatable bonds is 2. The largest absolute Gasteiger partial charge is 0.417 e. The third-order valence-electron chi connectivity index (χ3n) is 4.25. The van der Waals surface area contributed by atoms with Gasteiger partial charge in [-0.15, -0.1) is 0 Å². The number of nitrogens with zero attached hydrogens (tertiary/aromatic N) is 1. The summed E-state index contributed by atoms with van der Waals surface area (Å²) in [6, 6.07) is 0.570. The van der Waals surface area contributed by atoms with Gasteiger partial charge in [0.25, 0.3) is 0 Å². The molecule has 2 aliphatic rings. The van der Waals surface area contributed by atoms with Gasteiger partial charge in [-0.2, -0.15) is 30.6 Å². The molecule has 0 amide bonds. The molecular weight excluding hydrogens is 362 g/mol. The van der Waals surface area contributed by atoms with E-state index in [0.29, 0.717) is 25.2 Å². The summed E-state index contributed by atoms with van der Waals surface area (Å²) in [6.07, 6.45) is -10.2. The maximum Gasteiger partial charge on any atom is 0.417 e. The summed E-state index contributed by atoms with van der Waals surface area (Å²) in [4.78, 5) is -1.15. The second-order valence-electron chi connectivity index (χ2n) is 6.08. The lowest BCUT2D eigenvalue weighted by Gasteiger charge is -2.55. The third kappa shape index (κ3) is 2.78. The van der Waals surface area contributed by atoms with E-state index in [2.05, 4.69) is 5.32 Å². The van der Waals surface area contributed by atoms with Gasteiger partial charge in [-0.3, -0.25) is 0 Å². The molecular formula is C13H12F6N2O2S. The van der Waals surface area contributed by atoms with E-state index in [9.17, 15) is 34.8 Å². The van der Waals surface area contributed by atoms with Crippen molar-refractivity contribution in [1.82, 2.24) is 9.62 Å². The molecule has 3 rings (SSSR count). The summed E-state index contributed by atoms with van der Waals surface area (Å²) in [5.74, 6) is 0. The smallest absolute Gasteiger partial charge is 0.315 e. The van der Waals surface area contributed by atoms with Crippen molar-refractivity contribution in [2.24, 2.45) is 5.41 Å². The first-order valence-corrected chi connectivity index (χ1v) is 8.29. The van der Waals surface area contributed by atoms with Gasteiger partial charge < -0.3 is 5.32 Å². The molecule has 2 fully saturated rings. The van der Waals surface area contributed by atoms with E-state index >= 15 is 0 Å². The Kier molecular flexibility index (Phi) is 3.71. The minimum atomic E-state index is -5.22. The van der Waals surface area contributed by atoms with Crippen LogP contribution in [0.4, 0.5) is 26.3 Å². The highest BCUT2D eigenvalue weighted by Crippen LogP contribution is 2.43. The molecule has 0 radical (unpaired) electrons. The summed E-state index contributed by atoms with van der Waals surface area (Å²) in [7, 11) is -4.51. The van der Waals surface area contributed by atoms with Gasteiger partial charge in [0, 0.05) is 31.6 Å². The molecule has 2 aliphatic heterocycles. The summed E-state index contributed by atoms with van der Waals surface area (Å²) in [5.41, 5.74) is -3.61. The van der Waals surface area contributed by atoms with Gasteiger partial charge in [0.2, 0.25) is 10.0 Å². The molecule has 1 aromatic carbocycles. The van der Waals surface area contributed by atoms with Gasteiger partial charge in [-0.05, 0) is 18.2 Å². The third-order valence-corrected chi connectivity index (χ3v) is 6.10. The maximum absolute atomic E-state index is 13.1. The van der Waals surface area contributed by atoms with E-state index in [-0.39, 0.29) is 24.6 Å². The van der Waals surface area contributed by atoms with Crippen molar-refractivity contribution in [2.45, 2.75) is 17.2 Å². The zero-order valence-corrected chi connectivity index (χ0v) is 12.8. The van der Waals surface area contributed by atoms with E-state index in [4.69, 9.17) is 0 Å². The van der Waals surface area contributed by atoms with Crippen LogP contribution >= 0.6 is 0 Å². The highest BCUT2D eigenvalue weighted by atomic mass is 32.2. The lowest BCUT2D eigenvalue weighted by molar-refractivity contribution is -0.144. The van der Waals surface area contributed by atoms with Gasteiger partial charge in [-0.25, -0.2) is 8.42 Å². The number of nitrogens with one attached hydrogen (secondary N) is 1. The van der Waals surface area contributed by atoms with Crippen LogP contribution in [0.15, 0.2) is 23.1 Å². The van der Waals surface area contributed by atoms with Crippen LogP contribution in [-0.4, -0.2) is 38.9 Å². The fraction of sp³-hybridized carbons (Fsp3) is 0.538. The summed E-state index contributed by atoms with van der Waals surface area (Å²) >= 11 is 0. The highest BCUT2D eigenvalue weighted by molar-refractivity contribution is 7.89. The van der Waals surface area contributed by atoms with E-state index in [1.54, 1.807) is 0 Å². The maximum atomic E-state index is 13.1. The van der Waals surface area contributed by atoms with E-state index in [0.717, 1.165) is 4.31 Å². The molecule has 0 aliphatic carbocycles. The van der Waals surface area contributed by atoms with Crippen LogP contribution in [0.5, 0.6) is 0 Å². The molecule has 11 heteroatoms. The minimum Gasteiger partial charge on any atom is -0.315 e. The quantitative estimate of drug-likeness (QED) is 0.809. The summed E-state index contributed by atoms with van der Waals surface area (Å²) in [5, 5.41) is 2.95. The van der Waals surface area contributed by atoms with E-state index in [1.807, 2.05) is 0 Å². The van der Waals surface area contributed by atoms with Crippen LogP contribution in [0.3, 0.4) is 0 Å². The molecule has 4 nitrogen and oxygen atoms in total. The van der Waals surface area contributed by atoms with Crippen molar-refractivity contribution in [3.05, 3.63) is 29.3 Å². The SMILES string of the molecule is O=S(=O)(c1ccc(C(F)(F)F)cc1C(F)(F)F)N1CC2(CNC2)C1. The van der Waals surface area contributed by atoms with Gasteiger partial charge in [0.15, 0.2) is 0 Å². The van der Waals surface area contributed by atoms with Crippen molar-refractivity contribution in [2.75, 3.05) is 26.2 Å². The van der Waals surface area contributed by atoms with Gasteiger partial charge >= 0.3 is 12.4 Å². The zero-order chi connectivity index (χ0) is 18.0. The number of hydrogen-bond donors (Lipinski definition) is 1. The molecule has 0 bridgehead atoms. The fourth-order valence-electron chi connectivity index (χ4n) is 2.87. The second kappa shape index (κ2) is 5.09. The Morgan fingerprint density at radius 1 is 1.00 bits per heavy atom. The Labute approximate surface area is 133 Å². The minimum absolute atomic E-state index is 0.0562. The van der Waals surface area contributed by atoms with Crippen LogP contribution < -0.4 is 5.32 Å². The first-order chi connectivity index (χ1) is 10.9. The molecule has 0 saturated carbocycles. The predicted octanol–water partition coefficient (Wildman–Crippen LogP) is 2.32. The number of benzene rings is 1. The zero-order valence-electron chi connectivity index (χ0n) is 12.0. The Morgan fingerprint density at radius 2 is 1.58 bits per heavy atom. The van der Waals surface area contributed by atoms with Gasteiger partial charge in [0.05, 0.1) is 16.0 Å². The standard InChI is InChI=1S/C13H12F6N2O2S/c14-12(15,16)8-1-2-10(9(3-8)13(17,18)19)24(22,23)21-6-11(7-21)4-20-5-11/h1-3,20H,4-7H2. The van der Waals surface area contributed by atoms with Crippen molar-refractivity contribution in [1.29, 1.82) is 0 Å². The Balaban J connectivity index is 2.00. The predicted molar refractivity (Wildman–Crippen MR) is 70.5 cm³/mol. The van der Waals surface area contributed by atoms with Crippen LogP contribution in [-0.2, 0) is 22.4 Å². The van der Waals surface area contributed by atoms with Crippen LogP contribution in [0, 0.1) is 5.41 Å². The lowest BCUT2D eigenvalue weighted by atomic mass is 9.76. The van der Waals surface area contributed by atoms with Crippen LogP contribution in [0.1, 0.15) is 11.1 Å². The van der Waals surface area contributed by atoms with Crippen molar-refractivity contribution >= 4 is 10.0 Å². The van der Waals surface area contributed by atoms with Crippen LogP contribution in [0.25, 0.3) is 0 Å². The molecule has 0 atom stereocenters. The monoisotopic (exact) mass is 374 g/mol. The number of sulfonamides is 1. The van der Waals surface area contributed by atoms with Crippen molar-refractivity contribution in [3.63, 3.8) is 0 Å². The summed E-state index contributed by atoms with van der Waals surface area (Å²) in [6.45, 7) is 1.25. The average molecular weight is 374 g/mol. The van der Waals surface area contributed by atoms with Crippen LogP contribution in [0.2, 0.25) is 0 Å². The summed E-state index contributed by atoms with van der Waals surface area (Å²) < 4.78 is 103. The fourth-order valence-corrected chi connectivity index (χ4v) is 4.72.